The summed E-state index contributed by atoms with van der Waals surface area (Å²) >= 11 is 1.47. The second kappa shape index (κ2) is 5.68. The molecular formula is C12H14N4OS. The Hall–Kier alpha value is -1.82. The van der Waals surface area contributed by atoms with Crippen LogP contribution in [0.1, 0.15) is 5.69 Å². The van der Waals surface area contributed by atoms with Gasteiger partial charge in [0.2, 0.25) is 5.88 Å². The van der Waals surface area contributed by atoms with Gasteiger partial charge in [-0.3, -0.25) is 4.98 Å². The summed E-state index contributed by atoms with van der Waals surface area (Å²) in [5, 5.41) is 3.65. The largest absolute Gasteiger partial charge is 0.437 e. The van der Waals surface area contributed by atoms with Crippen LogP contribution in [-0.4, -0.2) is 28.3 Å². The van der Waals surface area contributed by atoms with Gasteiger partial charge in [0.1, 0.15) is 5.82 Å². The lowest BCUT2D eigenvalue weighted by Crippen LogP contribution is -1.99. The number of rotatable bonds is 4. The normalized spacial score (nSPS) is 10.2. The van der Waals surface area contributed by atoms with E-state index in [-0.39, 0.29) is 0 Å². The standard InChI is InChI=1S/C12H14N4OS/c1-8-9(5-4-6-14-8)17-11-7-10(13-2)15-12(16-11)18-3/h4-7H,1-3H3,(H,13,15,16). The topological polar surface area (TPSA) is 59.9 Å². The number of hydrogen-bond acceptors (Lipinski definition) is 6. The zero-order valence-electron chi connectivity index (χ0n) is 10.5. The van der Waals surface area contributed by atoms with Crippen LogP contribution in [-0.2, 0) is 0 Å². The molecule has 2 aromatic heterocycles. The van der Waals surface area contributed by atoms with Crippen molar-refractivity contribution in [1.82, 2.24) is 15.0 Å². The van der Waals surface area contributed by atoms with Gasteiger partial charge in [0.05, 0.1) is 5.69 Å². The van der Waals surface area contributed by atoms with Crippen molar-refractivity contribution in [2.75, 3.05) is 18.6 Å². The zero-order chi connectivity index (χ0) is 13.0. The lowest BCUT2D eigenvalue weighted by molar-refractivity contribution is 0.450. The fourth-order valence-electron chi connectivity index (χ4n) is 1.37. The molecule has 0 amide bonds. The highest BCUT2D eigenvalue weighted by molar-refractivity contribution is 7.98. The molecule has 2 rings (SSSR count). The van der Waals surface area contributed by atoms with Crippen LogP contribution < -0.4 is 10.1 Å². The molecule has 94 valence electrons. The van der Waals surface area contributed by atoms with Crippen molar-refractivity contribution in [3.63, 3.8) is 0 Å². The number of aryl methyl sites for hydroxylation is 1. The molecule has 0 aliphatic rings. The van der Waals surface area contributed by atoms with Crippen molar-refractivity contribution >= 4 is 17.6 Å². The summed E-state index contributed by atoms with van der Waals surface area (Å²) in [7, 11) is 1.81. The molecule has 0 spiro atoms. The Bertz CT molecular complexity index is 525. The first-order valence-electron chi connectivity index (χ1n) is 5.43. The third kappa shape index (κ3) is 2.89. The number of hydrogen-bond donors (Lipinski definition) is 1. The Morgan fingerprint density at radius 1 is 1.33 bits per heavy atom. The predicted octanol–water partition coefficient (Wildman–Crippen LogP) is 2.74. The number of thioether (sulfide) groups is 1. The van der Waals surface area contributed by atoms with Crippen molar-refractivity contribution < 1.29 is 4.74 Å². The van der Waals surface area contributed by atoms with Crippen LogP contribution in [0.3, 0.4) is 0 Å². The lowest BCUT2D eigenvalue weighted by atomic mass is 10.3. The number of pyridine rings is 1. The number of nitrogens with zero attached hydrogens (tertiary/aromatic N) is 3. The van der Waals surface area contributed by atoms with E-state index in [9.17, 15) is 0 Å². The van der Waals surface area contributed by atoms with Crippen molar-refractivity contribution in [3.8, 4) is 11.6 Å². The first-order chi connectivity index (χ1) is 8.72. The molecular weight excluding hydrogens is 248 g/mol. The predicted molar refractivity (Wildman–Crippen MR) is 72.4 cm³/mol. The molecule has 0 radical (unpaired) electrons. The van der Waals surface area contributed by atoms with E-state index in [4.69, 9.17) is 4.74 Å². The molecule has 2 heterocycles. The van der Waals surface area contributed by atoms with Gasteiger partial charge in [0.15, 0.2) is 10.9 Å². The van der Waals surface area contributed by atoms with Crippen LogP contribution in [0.2, 0.25) is 0 Å². The van der Waals surface area contributed by atoms with E-state index < -0.39 is 0 Å². The van der Waals surface area contributed by atoms with E-state index in [1.165, 1.54) is 11.8 Å². The van der Waals surface area contributed by atoms with Crippen molar-refractivity contribution in [1.29, 1.82) is 0 Å². The number of anilines is 1. The maximum atomic E-state index is 5.73. The highest BCUT2D eigenvalue weighted by Crippen LogP contribution is 2.25. The Balaban J connectivity index is 2.31. The van der Waals surface area contributed by atoms with E-state index in [0.717, 1.165) is 11.5 Å². The quantitative estimate of drug-likeness (QED) is 0.675. The van der Waals surface area contributed by atoms with E-state index in [2.05, 4.69) is 20.3 Å². The van der Waals surface area contributed by atoms with Gasteiger partial charge >= 0.3 is 0 Å². The molecule has 0 bridgehead atoms. The maximum absolute atomic E-state index is 5.73. The summed E-state index contributed by atoms with van der Waals surface area (Å²) in [4.78, 5) is 12.7. The fourth-order valence-corrected chi connectivity index (χ4v) is 1.74. The van der Waals surface area contributed by atoms with E-state index >= 15 is 0 Å². The molecule has 2 aromatic rings. The first-order valence-corrected chi connectivity index (χ1v) is 6.65. The lowest BCUT2D eigenvalue weighted by Gasteiger charge is -2.09. The minimum atomic E-state index is 0.509. The smallest absolute Gasteiger partial charge is 0.225 e. The molecule has 6 heteroatoms. The van der Waals surface area contributed by atoms with Crippen LogP contribution in [0.5, 0.6) is 11.6 Å². The number of aromatic nitrogens is 3. The van der Waals surface area contributed by atoms with Crippen LogP contribution in [0.25, 0.3) is 0 Å². The van der Waals surface area contributed by atoms with E-state index in [1.807, 2.05) is 32.4 Å². The van der Waals surface area contributed by atoms with Gasteiger partial charge in [-0.15, -0.1) is 0 Å². The molecule has 0 saturated carbocycles. The summed E-state index contributed by atoms with van der Waals surface area (Å²) in [6.45, 7) is 1.89. The van der Waals surface area contributed by atoms with Crippen molar-refractivity contribution in [3.05, 3.63) is 30.1 Å². The molecule has 0 fully saturated rings. The van der Waals surface area contributed by atoms with Crippen molar-refractivity contribution in [2.45, 2.75) is 12.1 Å². The third-order valence-electron chi connectivity index (χ3n) is 2.29. The van der Waals surface area contributed by atoms with Gasteiger partial charge in [0.25, 0.3) is 0 Å². The average Bonchev–Trinajstić information content (AvgIpc) is 2.41. The van der Waals surface area contributed by atoms with Crippen LogP contribution in [0, 0.1) is 6.92 Å². The zero-order valence-corrected chi connectivity index (χ0v) is 11.3. The summed E-state index contributed by atoms with van der Waals surface area (Å²) < 4.78 is 5.73. The fraction of sp³-hybridized carbons (Fsp3) is 0.250. The Morgan fingerprint density at radius 3 is 2.83 bits per heavy atom. The number of nitrogens with one attached hydrogen (secondary N) is 1. The molecule has 0 aromatic carbocycles. The molecule has 18 heavy (non-hydrogen) atoms. The van der Waals surface area contributed by atoms with Gasteiger partial charge in [-0.25, -0.2) is 4.98 Å². The third-order valence-corrected chi connectivity index (χ3v) is 2.84. The minimum absolute atomic E-state index is 0.509. The van der Waals surface area contributed by atoms with Crippen LogP contribution in [0.4, 0.5) is 5.82 Å². The average molecular weight is 262 g/mol. The highest BCUT2D eigenvalue weighted by Gasteiger charge is 2.07. The van der Waals surface area contributed by atoms with Gasteiger partial charge in [-0.2, -0.15) is 4.98 Å². The summed E-state index contributed by atoms with van der Waals surface area (Å²) in [6.07, 6.45) is 3.66. The molecule has 0 atom stereocenters. The molecule has 0 unspecified atom stereocenters. The first kappa shape index (κ1) is 12.6. The van der Waals surface area contributed by atoms with E-state index in [1.54, 1.807) is 12.3 Å². The van der Waals surface area contributed by atoms with Crippen LogP contribution in [0.15, 0.2) is 29.6 Å². The molecule has 1 N–H and O–H groups in total. The summed E-state index contributed by atoms with van der Waals surface area (Å²) in [5.74, 6) is 1.94. The van der Waals surface area contributed by atoms with E-state index in [0.29, 0.717) is 16.8 Å². The monoisotopic (exact) mass is 262 g/mol. The second-order valence-corrected chi connectivity index (χ2v) is 4.29. The summed E-state index contributed by atoms with van der Waals surface area (Å²) in [5.41, 5.74) is 0.827. The molecule has 0 saturated heterocycles. The number of ether oxygens (including phenoxy) is 1. The van der Waals surface area contributed by atoms with Crippen LogP contribution >= 0.6 is 11.8 Å². The van der Waals surface area contributed by atoms with Gasteiger partial charge in [-0.1, -0.05) is 11.8 Å². The SMILES string of the molecule is CNc1cc(Oc2cccnc2C)nc(SC)n1. The minimum Gasteiger partial charge on any atom is -0.437 e. The Kier molecular flexibility index (Phi) is 3.99. The molecule has 0 aliphatic heterocycles. The Labute approximate surface area is 110 Å². The Morgan fingerprint density at radius 2 is 2.17 bits per heavy atom. The maximum Gasteiger partial charge on any atom is 0.225 e. The van der Waals surface area contributed by atoms with Gasteiger partial charge in [0, 0.05) is 19.3 Å². The second-order valence-electron chi connectivity index (χ2n) is 3.52. The van der Waals surface area contributed by atoms with Gasteiger partial charge in [-0.05, 0) is 25.3 Å². The highest BCUT2D eigenvalue weighted by atomic mass is 32.2. The molecule has 0 aliphatic carbocycles. The molecule has 5 nitrogen and oxygen atoms in total. The summed E-state index contributed by atoms with van der Waals surface area (Å²) in [6, 6.07) is 5.45. The van der Waals surface area contributed by atoms with Crippen molar-refractivity contribution in [2.24, 2.45) is 0 Å². The van der Waals surface area contributed by atoms with Gasteiger partial charge < -0.3 is 10.1 Å².